The quantitative estimate of drug-likeness (QED) is 0.0813. The molecule has 4 aliphatic rings. The summed E-state index contributed by atoms with van der Waals surface area (Å²) in [6.07, 6.45) is 14.4. The second kappa shape index (κ2) is 15.6. The zero-order valence-corrected chi connectivity index (χ0v) is 35.7. The summed E-state index contributed by atoms with van der Waals surface area (Å²) in [6, 6.07) is 13.6. The maximum atomic E-state index is 13.2. The highest BCUT2D eigenvalue weighted by Gasteiger charge is 2.47. The fraction of sp³-hybridized carbons (Fsp3) is 0.558. The van der Waals surface area contributed by atoms with Gasteiger partial charge in [-0.2, -0.15) is 0 Å². The van der Waals surface area contributed by atoms with E-state index in [1.165, 1.54) is 30.6 Å². The molecule has 2 saturated carbocycles. The Kier molecular flexibility index (Phi) is 11.3. The fourth-order valence-electron chi connectivity index (χ4n) is 8.79. The molecular formula is C43H56ClN3O6SSi. The van der Waals surface area contributed by atoms with Crippen molar-refractivity contribution >= 4 is 41.4 Å². The molecule has 1 unspecified atom stereocenters. The lowest BCUT2D eigenvalue weighted by molar-refractivity contribution is 0.0519. The third-order valence-corrected chi connectivity index (χ3v) is 19.7. The number of carbonyl (C=O) groups is 1. The molecule has 3 aromatic rings. The van der Waals surface area contributed by atoms with Crippen molar-refractivity contribution in [1.82, 2.24) is 9.97 Å². The van der Waals surface area contributed by atoms with Crippen LogP contribution in [0.3, 0.4) is 0 Å². The van der Waals surface area contributed by atoms with Gasteiger partial charge in [-0.1, -0.05) is 50.6 Å². The minimum absolute atomic E-state index is 0.0239. The van der Waals surface area contributed by atoms with E-state index in [0.29, 0.717) is 18.1 Å². The van der Waals surface area contributed by atoms with Gasteiger partial charge in [-0.3, -0.25) is 0 Å². The molecule has 0 radical (unpaired) electrons. The molecule has 7 rings (SSSR count). The maximum Gasteiger partial charge on any atom is 0.337 e. The number of sulfone groups is 1. The number of methoxy groups -OCH3 is 1. The highest BCUT2D eigenvalue weighted by atomic mass is 35.5. The number of ether oxygens (including phenoxy) is 2. The number of hydrogen-bond acceptors (Lipinski definition) is 9. The molecule has 296 valence electrons. The van der Waals surface area contributed by atoms with Gasteiger partial charge in [-0.25, -0.2) is 23.2 Å². The first-order chi connectivity index (χ1) is 26.1. The van der Waals surface area contributed by atoms with Crippen LogP contribution < -0.4 is 9.64 Å². The van der Waals surface area contributed by atoms with Crippen molar-refractivity contribution in [3.05, 3.63) is 88.7 Å². The lowest BCUT2D eigenvalue weighted by Gasteiger charge is -2.48. The monoisotopic (exact) mass is 805 g/mol. The number of benzene rings is 2. The molecular weight excluding hydrogens is 750 g/mol. The molecule has 55 heavy (non-hydrogen) atoms. The summed E-state index contributed by atoms with van der Waals surface area (Å²) in [5.74, 6) is 1.27. The van der Waals surface area contributed by atoms with Gasteiger partial charge in [0.05, 0.1) is 36.8 Å². The summed E-state index contributed by atoms with van der Waals surface area (Å²) < 4.78 is 45.5. The van der Waals surface area contributed by atoms with Gasteiger partial charge in [-0.05, 0) is 134 Å². The first kappa shape index (κ1) is 40.0. The molecule has 9 nitrogen and oxygen atoms in total. The molecule has 12 heteroatoms. The lowest BCUT2D eigenvalue weighted by atomic mass is 9.68. The van der Waals surface area contributed by atoms with Crippen molar-refractivity contribution < 1.29 is 27.1 Å². The first-order valence-corrected chi connectivity index (χ1v) is 24.8. The summed E-state index contributed by atoms with van der Waals surface area (Å²) in [6.45, 7) is 13.6. The average molecular weight is 807 g/mol. The number of fused-ring (bicyclic) bond motifs is 3. The van der Waals surface area contributed by atoms with Gasteiger partial charge >= 0.3 is 5.97 Å². The summed E-state index contributed by atoms with van der Waals surface area (Å²) in [5.41, 5.74) is 3.78. The number of hydrogen-bond donors (Lipinski definition) is 0. The Balaban J connectivity index is 1.17. The topological polar surface area (TPSA) is 108 Å². The van der Waals surface area contributed by atoms with Crippen LogP contribution in [0.5, 0.6) is 5.75 Å². The first-order valence-electron chi connectivity index (χ1n) is 19.8. The second-order valence-corrected chi connectivity index (χ2v) is 24.9. The number of allylic oxidation sites excluding steroid dienone is 1. The molecule has 0 N–H and O–H groups in total. The number of halogens is 1. The largest absolute Gasteiger partial charge is 0.490 e. The Hall–Kier alpha value is -3.25. The summed E-state index contributed by atoms with van der Waals surface area (Å²) >= 11 is 6.50. The van der Waals surface area contributed by atoms with Crippen LogP contribution in [-0.2, 0) is 30.8 Å². The number of nitrogens with zero attached hydrogens (tertiary/aromatic N) is 3. The van der Waals surface area contributed by atoms with E-state index in [1.807, 2.05) is 18.2 Å². The van der Waals surface area contributed by atoms with Crippen molar-refractivity contribution in [3.63, 3.8) is 0 Å². The molecule has 2 aromatic carbocycles. The average Bonchev–Trinajstić information content (AvgIpc) is 3.28. The van der Waals surface area contributed by atoms with Crippen molar-refractivity contribution in [1.29, 1.82) is 0 Å². The fourth-order valence-corrected chi connectivity index (χ4v) is 11.8. The Morgan fingerprint density at radius 3 is 2.53 bits per heavy atom. The van der Waals surface area contributed by atoms with Crippen LogP contribution in [0.15, 0.2) is 72.2 Å². The predicted molar refractivity (Wildman–Crippen MR) is 219 cm³/mol. The molecule has 2 heterocycles. The smallest absolute Gasteiger partial charge is 0.337 e. The van der Waals surface area contributed by atoms with Crippen molar-refractivity contribution in [2.45, 2.75) is 101 Å². The van der Waals surface area contributed by atoms with Gasteiger partial charge in [0.15, 0.2) is 8.32 Å². The molecule has 0 bridgehead atoms. The number of rotatable bonds is 11. The maximum absolute atomic E-state index is 13.2. The van der Waals surface area contributed by atoms with Crippen molar-refractivity contribution in [3.8, 4) is 5.75 Å². The van der Waals surface area contributed by atoms with Crippen LogP contribution in [0.2, 0.25) is 23.2 Å². The number of anilines is 1. The molecule has 6 atom stereocenters. The van der Waals surface area contributed by atoms with Crippen LogP contribution in [0.1, 0.15) is 80.8 Å². The van der Waals surface area contributed by atoms with Crippen molar-refractivity contribution in [2.75, 3.05) is 37.5 Å². The highest BCUT2D eigenvalue weighted by molar-refractivity contribution is 7.91. The van der Waals surface area contributed by atoms with Crippen LogP contribution in [0.4, 0.5) is 5.69 Å². The number of aryl methyl sites for hydroxylation is 1. The van der Waals surface area contributed by atoms with E-state index in [-0.39, 0.29) is 51.2 Å². The van der Waals surface area contributed by atoms with E-state index >= 15 is 0 Å². The molecule has 3 aliphatic carbocycles. The third kappa shape index (κ3) is 8.27. The number of aromatic nitrogens is 2. The van der Waals surface area contributed by atoms with Crippen molar-refractivity contribution in [2.24, 2.45) is 23.7 Å². The van der Waals surface area contributed by atoms with Gasteiger partial charge in [-0.15, -0.1) is 0 Å². The van der Waals surface area contributed by atoms with Gasteiger partial charge in [0.25, 0.3) is 0 Å². The van der Waals surface area contributed by atoms with Gasteiger partial charge in [0, 0.05) is 35.9 Å². The van der Waals surface area contributed by atoms with Crippen LogP contribution >= 0.6 is 11.6 Å². The van der Waals surface area contributed by atoms with Crippen LogP contribution in [0, 0.1) is 23.7 Å². The summed E-state index contributed by atoms with van der Waals surface area (Å²) in [7, 11) is -4.35. The second-order valence-electron chi connectivity index (χ2n) is 17.8. The zero-order valence-electron chi connectivity index (χ0n) is 33.1. The predicted octanol–water partition coefficient (Wildman–Crippen LogP) is 8.86. The van der Waals surface area contributed by atoms with Crippen LogP contribution in [-0.4, -0.2) is 71.3 Å². The summed E-state index contributed by atoms with van der Waals surface area (Å²) in [5, 5.41) is 0.685. The Morgan fingerprint density at radius 1 is 1.09 bits per heavy atom. The zero-order chi connectivity index (χ0) is 39.2. The van der Waals surface area contributed by atoms with E-state index in [0.717, 1.165) is 74.5 Å². The normalized spacial score (nSPS) is 25.9. The minimum atomic E-state index is -3.58. The lowest BCUT2D eigenvalue weighted by Crippen LogP contribution is -2.52. The standard InChI is InChI=1S/C43H56ClN3O6SSi/c1-42(2,3)55(5,6)53-38(18-13-29-10-11-33(29)26-54(49,50)41-45-21-8-22-46-41)35-16-12-32(35)25-47-27-43(20-7-9-30-23-34(44)15-17-36(30)43)28-52-39-19-14-31(24-37(39)47)40(48)51-4/h8,13-15,17-19,21-24,29,32-33,35,38H,7,9-12,16,20,25-28H2,1-6H3/b18-13-/t29-,32+,33-,35-,38?,43+/m1/s1. The minimum Gasteiger partial charge on any atom is -0.490 e. The SMILES string of the molecule is COC(=O)c1ccc2c(c1)N(C[C@@H]1CC[C@H]1C(/C=C\[C@H]1CC[C@@H]1CS(=O)(=O)c1ncccn1)O[Si](C)(C)C(C)(C)C)C[C@@]1(CCCc3cc(Cl)ccc31)CO2. The molecule has 0 amide bonds. The molecule has 1 aromatic heterocycles. The Bertz CT molecular complexity index is 2020. The number of carbonyl (C=O) groups excluding carboxylic acids is 1. The third-order valence-electron chi connectivity index (χ3n) is 13.3. The highest BCUT2D eigenvalue weighted by Crippen LogP contribution is 2.49. The van der Waals surface area contributed by atoms with E-state index < -0.39 is 18.2 Å². The molecule has 2 fully saturated rings. The number of esters is 1. The molecule has 1 aliphatic heterocycles. The Labute approximate surface area is 333 Å². The van der Waals surface area contributed by atoms with Gasteiger partial charge < -0.3 is 18.8 Å². The molecule has 0 saturated heterocycles. The van der Waals surface area contributed by atoms with Gasteiger partial charge in [0.1, 0.15) is 5.75 Å². The van der Waals surface area contributed by atoms with Gasteiger partial charge in [0.2, 0.25) is 15.0 Å². The van der Waals surface area contributed by atoms with E-state index in [4.69, 9.17) is 25.5 Å². The summed E-state index contributed by atoms with van der Waals surface area (Å²) in [4.78, 5) is 23.3. The van der Waals surface area contributed by atoms with E-state index in [9.17, 15) is 13.2 Å². The Morgan fingerprint density at radius 2 is 1.85 bits per heavy atom. The molecule has 1 spiro atoms. The van der Waals surface area contributed by atoms with Crippen LogP contribution in [0.25, 0.3) is 0 Å². The van der Waals surface area contributed by atoms with E-state index in [1.54, 1.807) is 12.1 Å². The van der Waals surface area contributed by atoms with E-state index in [2.05, 4.69) is 73.0 Å².